The fourth-order valence-corrected chi connectivity index (χ4v) is 5.12. The van der Waals surface area contributed by atoms with E-state index in [0.717, 1.165) is 11.8 Å². The van der Waals surface area contributed by atoms with Gasteiger partial charge in [0.2, 0.25) is 0 Å². The molecule has 0 nitrogen and oxygen atoms in total. The summed E-state index contributed by atoms with van der Waals surface area (Å²) in [6.45, 7) is 9.35. The Morgan fingerprint density at radius 2 is 1.18 bits per heavy atom. The van der Waals surface area contributed by atoms with E-state index in [9.17, 15) is 0 Å². The Labute approximate surface area is 88.7 Å². The van der Waals surface area contributed by atoms with Crippen molar-refractivity contribution in [2.75, 3.05) is 0 Å². The van der Waals surface area contributed by atoms with Crippen molar-refractivity contribution in [2.45, 2.75) is 44.0 Å². The van der Waals surface area contributed by atoms with E-state index in [1.165, 1.54) is 10.6 Å². The molecule has 0 saturated carbocycles. The molecule has 1 radical (unpaired) electrons. The summed E-state index contributed by atoms with van der Waals surface area (Å²) in [7, 11) is 0. The topological polar surface area (TPSA) is 0 Å². The van der Waals surface area contributed by atoms with Gasteiger partial charge in [0, 0.05) is 18.9 Å². The second kappa shape index (κ2) is 7.76. The van der Waals surface area contributed by atoms with Crippen molar-refractivity contribution in [3.8, 4) is 0 Å². The molecule has 0 N–H and O–H groups in total. The maximum atomic E-state index is 2.50. The summed E-state index contributed by atoms with van der Waals surface area (Å²) in [6.07, 6.45) is 0. The van der Waals surface area contributed by atoms with Crippen LogP contribution in [-0.4, -0.2) is 33.0 Å². The van der Waals surface area contributed by atoms with Crippen LogP contribution in [0.2, 0.25) is 16.4 Å². The number of rotatable bonds is 4. The van der Waals surface area contributed by atoms with Crippen LogP contribution < -0.4 is 0 Å². The van der Waals surface area contributed by atoms with Crippen LogP contribution in [0.15, 0.2) is 0 Å². The first-order chi connectivity index (χ1) is 4.52. The molecule has 0 bridgehead atoms. The summed E-state index contributed by atoms with van der Waals surface area (Å²) in [5.41, 5.74) is 0. The summed E-state index contributed by atoms with van der Waals surface area (Å²) < 4.78 is 0. The van der Waals surface area contributed by atoms with Gasteiger partial charge in [-0.05, 0) is 0 Å². The van der Waals surface area contributed by atoms with Crippen molar-refractivity contribution in [3.63, 3.8) is 0 Å². The quantitative estimate of drug-likeness (QED) is 0.559. The van der Waals surface area contributed by atoms with Crippen LogP contribution in [0.3, 0.4) is 0 Å². The smallest absolute Gasteiger partial charge is 0.106 e. The zero-order chi connectivity index (χ0) is 8.15. The molecule has 0 spiro atoms. The molecule has 61 valence electrons. The molecule has 0 fully saturated rings. The molecule has 0 aliphatic rings. The Hall–Kier alpha value is 1.13. The van der Waals surface area contributed by atoms with E-state index < -0.39 is 0 Å². The zero-order valence-electron chi connectivity index (χ0n) is 9.15. The minimum atomic E-state index is -0.318. The molecule has 0 aliphatic carbocycles. The predicted octanol–water partition coefficient (Wildman–Crippen LogP) is 3.04. The molecule has 0 aliphatic heterocycles. The third-order valence-electron chi connectivity index (χ3n) is 1.75. The molecule has 0 unspecified atom stereocenters. The van der Waals surface area contributed by atoms with Gasteiger partial charge in [0.1, 0.15) is 0 Å². The minimum Gasteiger partial charge on any atom is -0.106 e. The molecular weight excluding hydrogens is 142 g/mol. The summed E-state index contributed by atoms with van der Waals surface area (Å²) >= 11 is -0.318. The van der Waals surface area contributed by atoms with E-state index in [2.05, 4.69) is 33.5 Å². The Bertz CT molecular complexity index is 71.6. The Balaban J connectivity index is 0. The van der Waals surface area contributed by atoms with Gasteiger partial charge in [-0.15, -0.1) is 5.79 Å². The van der Waals surface area contributed by atoms with Crippen LogP contribution in [0.4, 0.5) is 0 Å². The van der Waals surface area contributed by atoms with Gasteiger partial charge in [-0.2, -0.15) is 0 Å². The largest absolute Gasteiger partial charge is 0.259 e. The van der Waals surface area contributed by atoms with Crippen molar-refractivity contribution in [2.24, 2.45) is 11.8 Å². The average Bonchev–Trinajstić information content (AvgIpc) is 1.58. The first-order valence-corrected chi connectivity index (χ1v) is 7.31. The second-order valence-electron chi connectivity index (χ2n) is 4.36. The summed E-state index contributed by atoms with van der Waals surface area (Å²) in [5, 5.41) is 3.05. The molecule has 0 atom stereocenters. The van der Waals surface area contributed by atoms with Crippen LogP contribution >= 0.6 is 0 Å². The van der Waals surface area contributed by atoms with Crippen molar-refractivity contribution in [1.29, 1.82) is 0 Å². The Morgan fingerprint density at radius 1 is 0.909 bits per heavy atom. The molecule has 2 heteroatoms. The van der Waals surface area contributed by atoms with Gasteiger partial charge in [-0.1, -0.05) is 50.1 Å². The fraction of sp³-hybridized carbons (Fsp3) is 1.00. The first-order valence-electron chi connectivity index (χ1n) is 4.52. The van der Waals surface area contributed by atoms with Crippen LogP contribution in [0.1, 0.15) is 27.7 Å². The van der Waals surface area contributed by atoms with Crippen molar-refractivity contribution in [3.05, 3.63) is 0 Å². The van der Waals surface area contributed by atoms with Crippen molar-refractivity contribution >= 4 is 33.0 Å². The molecule has 0 aromatic rings. The van der Waals surface area contributed by atoms with E-state index in [1.54, 1.807) is 0 Å². The Kier molecular flexibility index (Phi) is 10.3. The minimum absolute atomic E-state index is 0. The van der Waals surface area contributed by atoms with Crippen LogP contribution in [-0.2, 0) is 0 Å². The second-order valence-corrected chi connectivity index (χ2v) is 7.52. The van der Waals surface area contributed by atoms with Crippen molar-refractivity contribution in [1.82, 2.24) is 0 Å². The standard InChI is InChI=1S/2C4H9.CH3.Al.Li/c2*1-4(2)3;;;/h2*4H,1H2,2-3H3;1H3;;. The van der Waals surface area contributed by atoms with Gasteiger partial charge in [-0.3, -0.25) is 0 Å². The van der Waals surface area contributed by atoms with Gasteiger partial charge in [0.05, 0.1) is 0 Å². The Morgan fingerprint density at radius 3 is 1.36 bits per heavy atom. The molecule has 0 heterocycles. The van der Waals surface area contributed by atoms with Gasteiger partial charge in [-0.25, -0.2) is 0 Å². The van der Waals surface area contributed by atoms with Crippen LogP contribution in [0.5, 0.6) is 0 Å². The monoisotopic (exact) mass is 163 g/mol. The van der Waals surface area contributed by atoms with Gasteiger partial charge in [0.25, 0.3) is 14.1 Å². The third kappa shape index (κ3) is 11.1. The van der Waals surface area contributed by atoms with Gasteiger partial charge < -0.3 is 0 Å². The normalized spacial score (nSPS) is 10.1. The van der Waals surface area contributed by atoms with E-state index in [4.69, 9.17) is 0 Å². The van der Waals surface area contributed by atoms with Gasteiger partial charge in [0.15, 0.2) is 0 Å². The maximum Gasteiger partial charge on any atom is 0.259 e. The first kappa shape index (κ1) is 14.6. The maximum absolute atomic E-state index is 2.50. The van der Waals surface area contributed by atoms with Gasteiger partial charge >= 0.3 is 0 Å². The van der Waals surface area contributed by atoms with E-state index >= 15 is 0 Å². The van der Waals surface area contributed by atoms with Crippen LogP contribution in [0.25, 0.3) is 0 Å². The van der Waals surface area contributed by atoms with Crippen molar-refractivity contribution < 1.29 is 0 Å². The van der Waals surface area contributed by atoms with E-state index in [1.807, 2.05) is 0 Å². The van der Waals surface area contributed by atoms with Crippen LogP contribution in [0, 0.1) is 11.8 Å². The zero-order valence-corrected chi connectivity index (χ0v) is 10.3. The molecule has 0 rings (SSSR count). The summed E-state index contributed by atoms with van der Waals surface area (Å²) in [5.74, 6) is 4.36. The SMILES string of the molecule is CC(C)[CH2][Al]([CH3])[CH2]C(C)C.[Li]. The molecule has 0 amide bonds. The van der Waals surface area contributed by atoms with E-state index in [0.29, 0.717) is 0 Å². The number of hydrogen-bond donors (Lipinski definition) is 0. The predicted molar refractivity (Wildman–Crippen MR) is 56.7 cm³/mol. The van der Waals surface area contributed by atoms with E-state index in [-0.39, 0.29) is 33.0 Å². The molecule has 0 aromatic heterocycles. The number of hydrogen-bond acceptors (Lipinski definition) is 0. The summed E-state index contributed by atoms with van der Waals surface area (Å²) in [6, 6.07) is 0. The molecule has 11 heavy (non-hydrogen) atoms. The molecule has 0 saturated heterocycles. The molecule has 0 aromatic carbocycles. The third-order valence-corrected chi connectivity index (χ3v) is 5.24. The fourth-order valence-electron chi connectivity index (χ4n) is 1.71. The average molecular weight is 163 g/mol. The molecular formula is C9H21AlLi. The summed E-state index contributed by atoms with van der Waals surface area (Å²) in [4.78, 5) is 0.